The number of rotatable bonds is 8. The number of hydrogen-bond acceptors (Lipinski definition) is 6. The highest BCUT2D eigenvalue weighted by atomic mass is 127. The summed E-state index contributed by atoms with van der Waals surface area (Å²) in [6.45, 7) is 3.36. The number of hydrogen-bond donors (Lipinski definition) is 2. The van der Waals surface area contributed by atoms with E-state index in [1.165, 1.54) is 4.88 Å². The smallest absolute Gasteiger partial charge is 0.203 e. The van der Waals surface area contributed by atoms with E-state index in [-0.39, 0.29) is 24.0 Å². The second-order valence-electron chi connectivity index (χ2n) is 5.46. The van der Waals surface area contributed by atoms with E-state index in [4.69, 9.17) is 14.2 Å². The Labute approximate surface area is 181 Å². The number of aryl methyl sites for hydroxylation is 1. The third-order valence-corrected chi connectivity index (χ3v) is 4.73. The molecule has 0 unspecified atom stereocenters. The van der Waals surface area contributed by atoms with Crippen molar-refractivity contribution < 1.29 is 14.2 Å². The van der Waals surface area contributed by atoms with Crippen LogP contribution in [0.25, 0.3) is 0 Å². The second kappa shape index (κ2) is 11.9. The molecule has 0 saturated heterocycles. The molecule has 0 spiro atoms. The van der Waals surface area contributed by atoms with Crippen LogP contribution in [0.15, 0.2) is 23.3 Å². The summed E-state index contributed by atoms with van der Waals surface area (Å²) in [5.74, 6) is 2.58. The molecule has 7 nitrogen and oxygen atoms in total. The van der Waals surface area contributed by atoms with Gasteiger partial charge < -0.3 is 24.8 Å². The van der Waals surface area contributed by atoms with E-state index in [1.54, 1.807) is 39.7 Å². The Kier molecular flexibility index (Phi) is 10.2. The summed E-state index contributed by atoms with van der Waals surface area (Å²) in [4.78, 5) is 9.84. The largest absolute Gasteiger partial charge is 0.493 e. The number of aromatic nitrogens is 1. The Morgan fingerprint density at radius 1 is 1.11 bits per heavy atom. The molecule has 0 aliphatic heterocycles. The molecular weight excluding hydrogens is 479 g/mol. The molecule has 2 aromatic rings. The lowest BCUT2D eigenvalue weighted by Crippen LogP contribution is -2.37. The van der Waals surface area contributed by atoms with Crippen LogP contribution < -0.4 is 24.8 Å². The van der Waals surface area contributed by atoms with Crippen molar-refractivity contribution in [2.45, 2.75) is 19.9 Å². The first-order valence-corrected chi connectivity index (χ1v) is 9.08. The van der Waals surface area contributed by atoms with Gasteiger partial charge >= 0.3 is 0 Å². The van der Waals surface area contributed by atoms with Gasteiger partial charge in [0, 0.05) is 43.2 Å². The van der Waals surface area contributed by atoms with Crippen LogP contribution in [0.1, 0.15) is 15.4 Å². The Bertz CT molecular complexity index is 752. The van der Waals surface area contributed by atoms with E-state index in [0.717, 1.165) is 29.5 Å². The van der Waals surface area contributed by atoms with Gasteiger partial charge in [0.1, 0.15) is 0 Å². The van der Waals surface area contributed by atoms with E-state index in [0.29, 0.717) is 23.8 Å². The fraction of sp³-hybridized carbons (Fsp3) is 0.444. The number of halogens is 1. The zero-order chi connectivity index (χ0) is 18.9. The number of aliphatic imine (C=N–C) groups is 1. The van der Waals surface area contributed by atoms with Crippen molar-refractivity contribution in [1.82, 2.24) is 15.6 Å². The molecule has 0 bridgehead atoms. The highest BCUT2D eigenvalue weighted by Crippen LogP contribution is 2.39. The standard InChI is InChI=1S/C18H26N4O3S.HI/c1-12-10-21-15(26-12)8-9-20-18(19-2)22-11-13-6-7-14(23-3)17(25-5)16(13)24-4;/h6-7,10H,8-9,11H2,1-5H3,(H2,19,20,22);1H. The number of methoxy groups -OCH3 is 3. The van der Waals surface area contributed by atoms with Crippen LogP contribution in [0.4, 0.5) is 0 Å². The van der Waals surface area contributed by atoms with Gasteiger partial charge in [-0.05, 0) is 19.1 Å². The predicted molar refractivity (Wildman–Crippen MR) is 120 cm³/mol. The van der Waals surface area contributed by atoms with Crippen LogP contribution >= 0.6 is 35.3 Å². The summed E-state index contributed by atoms with van der Waals surface area (Å²) in [5.41, 5.74) is 0.948. The van der Waals surface area contributed by atoms with Gasteiger partial charge in [0.2, 0.25) is 5.75 Å². The molecule has 27 heavy (non-hydrogen) atoms. The first-order chi connectivity index (χ1) is 12.6. The van der Waals surface area contributed by atoms with Gasteiger partial charge in [-0.15, -0.1) is 35.3 Å². The molecule has 0 saturated carbocycles. The lowest BCUT2D eigenvalue weighted by molar-refractivity contribution is 0.322. The van der Waals surface area contributed by atoms with E-state index in [1.807, 2.05) is 18.3 Å². The molecular formula is C18H27IN4O3S. The van der Waals surface area contributed by atoms with E-state index < -0.39 is 0 Å². The summed E-state index contributed by atoms with van der Waals surface area (Å²) in [6.07, 6.45) is 2.76. The molecule has 0 aliphatic carbocycles. The maximum absolute atomic E-state index is 5.50. The van der Waals surface area contributed by atoms with Gasteiger partial charge in [0.25, 0.3) is 0 Å². The number of nitrogens with zero attached hydrogens (tertiary/aromatic N) is 2. The Morgan fingerprint density at radius 2 is 1.85 bits per heavy atom. The van der Waals surface area contributed by atoms with Crippen LogP contribution in [-0.2, 0) is 13.0 Å². The van der Waals surface area contributed by atoms with Crippen LogP contribution in [0.5, 0.6) is 17.2 Å². The van der Waals surface area contributed by atoms with Crippen LogP contribution in [0.2, 0.25) is 0 Å². The average Bonchev–Trinajstić information content (AvgIpc) is 3.08. The Balaban J connectivity index is 0.00000364. The highest BCUT2D eigenvalue weighted by molar-refractivity contribution is 14.0. The van der Waals surface area contributed by atoms with Crippen LogP contribution in [0, 0.1) is 6.92 Å². The molecule has 1 heterocycles. The van der Waals surface area contributed by atoms with Crippen LogP contribution in [0.3, 0.4) is 0 Å². The SMILES string of the molecule is CN=C(NCCc1ncc(C)s1)NCc1ccc(OC)c(OC)c1OC.I. The number of nitrogens with one attached hydrogen (secondary N) is 2. The summed E-state index contributed by atoms with van der Waals surface area (Å²) in [6, 6.07) is 3.80. The monoisotopic (exact) mass is 506 g/mol. The average molecular weight is 506 g/mol. The summed E-state index contributed by atoms with van der Waals surface area (Å²) in [5, 5.41) is 7.70. The zero-order valence-corrected chi connectivity index (χ0v) is 19.4. The molecule has 0 fully saturated rings. The third kappa shape index (κ3) is 6.42. The maximum Gasteiger partial charge on any atom is 0.203 e. The molecule has 0 radical (unpaired) electrons. The lowest BCUT2D eigenvalue weighted by atomic mass is 10.1. The predicted octanol–water partition coefficient (Wildman–Crippen LogP) is 3.00. The van der Waals surface area contributed by atoms with Gasteiger partial charge in [0.15, 0.2) is 17.5 Å². The maximum atomic E-state index is 5.50. The van der Waals surface area contributed by atoms with Crippen molar-refractivity contribution in [3.05, 3.63) is 33.8 Å². The molecule has 1 aromatic carbocycles. The Hall–Kier alpha value is -1.75. The zero-order valence-electron chi connectivity index (χ0n) is 16.3. The molecule has 2 rings (SSSR count). The lowest BCUT2D eigenvalue weighted by Gasteiger charge is -2.17. The first-order valence-electron chi connectivity index (χ1n) is 8.26. The number of ether oxygens (including phenoxy) is 3. The normalized spacial score (nSPS) is 10.8. The minimum atomic E-state index is 0. The second-order valence-corrected chi connectivity index (χ2v) is 6.78. The fourth-order valence-corrected chi connectivity index (χ4v) is 3.29. The van der Waals surface area contributed by atoms with Crippen molar-refractivity contribution in [2.24, 2.45) is 4.99 Å². The molecule has 150 valence electrons. The van der Waals surface area contributed by atoms with Crippen molar-refractivity contribution in [1.29, 1.82) is 0 Å². The Morgan fingerprint density at radius 3 is 2.41 bits per heavy atom. The van der Waals surface area contributed by atoms with E-state index in [9.17, 15) is 0 Å². The number of guanidine groups is 1. The molecule has 0 atom stereocenters. The van der Waals surface area contributed by atoms with Gasteiger partial charge in [-0.2, -0.15) is 0 Å². The van der Waals surface area contributed by atoms with Gasteiger partial charge in [-0.25, -0.2) is 4.98 Å². The summed E-state index contributed by atoms with van der Waals surface area (Å²) in [7, 11) is 6.56. The molecule has 9 heteroatoms. The van der Waals surface area contributed by atoms with Crippen molar-refractivity contribution in [3.63, 3.8) is 0 Å². The number of thiazole rings is 1. The fourth-order valence-electron chi connectivity index (χ4n) is 2.51. The minimum absolute atomic E-state index is 0. The molecule has 0 aliphatic rings. The van der Waals surface area contributed by atoms with E-state index in [2.05, 4.69) is 27.5 Å². The van der Waals surface area contributed by atoms with Crippen LogP contribution in [-0.4, -0.2) is 45.9 Å². The quantitative estimate of drug-likeness (QED) is 0.326. The van der Waals surface area contributed by atoms with Crippen molar-refractivity contribution >= 4 is 41.3 Å². The highest BCUT2D eigenvalue weighted by Gasteiger charge is 2.15. The van der Waals surface area contributed by atoms with Crippen molar-refractivity contribution in [3.8, 4) is 17.2 Å². The van der Waals surface area contributed by atoms with Gasteiger partial charge in [-0.3, -0.25) is 4.99 Å². The molecule has 1 aromatic heterocycles. The first kappa shape index (κ1) is 23.3. The van der Waals surface area contributed by atoms with Crippen molar-refractivity contribution in [2.75, 3.05) is 34.9 Å². The number of benzene rings is 1. The topological polar surface area (TPSA) is 77.0 Å². The third-order valence-electron chi connectivity index (χ3n) is 3.76. The summed E-state index contributed by atoms with van der Waals surface area (Å²) >= 11 is 1.72. The van der Waals surface area contributed by atoms with E-state index >= 15 is 0 Å². The molecule has 0 amide bonds. The van der Waals surface area contributed by atoms with Gasteiger partial charge in [0.05, 0.1) is 26.3 Å². The molecule has 2 N–H and O–H groups in total. The minimum Gasteiger partial charge on any atom is -0.493 e. The van der Waals surface area contributed by atoms with Gasteiger partial charge in [-0.1, -0.05) is 0 Å². The summed E-state index contributed by atoms with van der Waals surface area (Å²) < 4.78 is 16.2.